The fourth-order valence-corrected chi connectivity index (χ4v) is 5.44. The summed E-state index contributed by atoms with van der Waals surface area (Å²) in [7, 11) is -1.83. The Kier molecular flexibility index (Phi) is 6.97. The van der Waals surface area contributed by atoms with E-state index in [1.807, 2.05) is 0 Å². The van der Waals surface area contributed by atoms with Crippen molar-refractivity contribution in [2.45, 2.75) is 97.1 Å². The van der Waals surface area contributed by atoms with Crippen molar-refractivity contribution in [3.8, 4) is 0 Å². The zero-order valence-corrected chi connectivity index (χ0v) is 17.7. The van der Waals surface area contributed by atoms with Gasteiger partial charge >= 0.3 is 13.3 Å². The third-order valence-electron chi connectivity index (χ3n) is 5.45. The number of hydrogen-bond donors (Lipinski definition) is 0. The first kappa shape index (κ1) is 20.3. The monoisotopic (exact) mass is 361 g/mol. The maximum atomic E-state index is 13.3. The normalized spacial score (nSPS) is 16.8. The molecule has 1 aromatic rings. The van der Waals surface area contributed by atoms with E-state index >= 15 is 0 Å². The number of carbonyl (C=O) groups excluding carboxylic acids is 1. The molecule has 0 radical (unpaired) electrons. The predicted molar refractivity (Wildman–Crippen MR) is 108 cm³/mol. The minimum Gasteiger partial charge on any atom is -0.234 e. The van der Waals surface area contributed by atoms with Crippen LogP contribution in [-0.2, 0) is 4.57 Å². The van der Waals surface area contributed by atoms with E-state index in [-0.39, 0.29) is 23.0 Å². The zero-order chi connectivity index (χ0) is 18.7. The topological polar surface area (TPSA) is 34.1 Å². The van der Waals surface area contributed by atoms with Crippen molar-refractivity contribution in [2.75, 3.05) is 0 Å². The number of rotatable bonds is 6. The molecule has 1 saturated carbocycles. The van der Waals surface area contributed by atoms with E-state index in [1.165, 1.54) is 12.0 Å². The van der Waals surface area contributed by atoms with Gasteiger partial charge in [0.15, 0.2) is 5.66 Å². The maximum absolute atomic E-state index is 13.3. The van der Waals surface area contributed by atoms with Gasteiger partial charge < -0.3 is 0 Å². The Hall–Kier alpha value is -1.01. The Balaban J connectivity index is 2.53. The summed E-state index contributed by atoms with van der Waals surface area (Å²) in [5.74, 6) is 0.932. The SMILES string of the molecule is CC(C)c1cc(C(C)C)c(C(=O)[P+](=O)C2CCCCC2)c(C(C)C)c1. The van der Waals surface area contributed by atoms with Crippen LogP contribution in [0.3, 0.4) is 0 Å². The summed E-state index contributed by atoms with van der Waals surface area (Å²) in [6.07, 6.45) is 5.32. The molecule has 0 heterocycles. The van der Waals surface area contributed by atoms with Gasteiger partial charge in [0.25, 0.3) is 0 Å². The molecule has 0 amide bonds. The summed E-state index contributed by atoms with van der Waals surface area (Å²) < 4.78 is 13.1. The van der Waals surface area contributed by atoms with Crippen LogP contribution in [0.2, 0.25) is 0 Å². The number of carbonyl (C=O) groups is 1. The van der Waals surface area contributed by atoms with Crippen molar-refractivity contribution in [1.29, 1.82) is 0 Å². The van der Waals surface area contributed by atoms with Crippen LogP contribution >= 0.6 is 7.80 Å². The van der Waals surface area contributed by atoms with Gasteiger partial charge in [0, 0.05) is 0 Å². The third kappa shape index (κ3) is 4.59. The molecule has 0 saturated heterocycles. The average molecular weight is 361 g/mol. The smallest absolute Gasteiger partial charge is 0.234 e. The Bertz CT molecular complexity index is 608. The van der Waals surface area contributed by atoms with Crippen LogP contribution < -0.4 is 0 Å². The first-order chi connectivity index (χ1) is 11.7. The van der Waals surface area contributed by atoms with Crippen LogP contribution in [0.15, 0.2) is 12.1 Å². The molecule has 3 heteroatoms. The van der Waals surface area contributed by atoms with E-state index in [4.69, 9.17) is 0 Å². The molecule has 2 nitrogen and oxygen atoms in total. The maximum Gasteiger partial charge on any atom is 0.423 e. The highest BCUT2D eigenvalue weighted by Gasteiger charge is 2.42. The zero-order valence-electron chi connectivity index (χ0n) is 16.8. The van der Waals surface area contributed by atoms with Gasteiger partial charge in [-0.2, -0.15) is 0 Å². The lowest BCUT2D eigenvalue weighted by Gasteiger charge is -2.20. The third-order valence-corrected chi connectivity index (χ3v) is 7.26. The Morgan fingerprint density at radius 1 is 0.880 bits per heavy atom. The number of hydrogen-bond acceptors (Lipinski definition) is 2. The van der Waals surface area contributed by atoms with Crippen LogP contribution in [-0.4, -0.2) is 11.2 Å². The lowest BCUT2D eigenvalue weighted by Crippen LogP contribution is -2.15. The summed E-state index contributed by atoms with van der Waals surface area (Å²) in [6, 6.07) is 4.36. The van der Waals surface area contributed by atoms with Gasteiger partial charge in [0.1, 0.15) is 0 Å². The van der Waals surface area contributed by atoms with Gasteiger partial charge in [-0.05, 0) is 60.1 Å². The lowest BCUT2D eigenvalue weighted by atomic mass is 9.85. The molecule has 1 unspecified atom stereocenters. The van der Waals surface area contributed by atoms with Crippen LogP contribution in [0.1, 0.15) is 118 Å². The van der Waals surface area contributed by atoms with E-state index in [1.54, 1.807) is 0 Å². The molecule has 0 aromatic heterocycles. The predicted octanol–water partition coefficient (Wildman–Crippen LogP) is 7.36. The molecule has 2 rings (SSSR count). The molecule has 0 aliphatic heterocycles. The molecular weight excluding hydrogens is 327 g/mol. The molecule has 1 aliphatic rings. The molecular formula is C22H34O2P+. The van der Waals surface area contributed by atoms with Crippen molar-refractivity contribution in [3.63, 3.8) is 0 Å². The molecule has 25 heavy (non-hydrogen) atoms. The minimum atomic E-state index is -1.83. The molecule has 138 valence electrons. The van der Waals surface area contributed by atoms with E-state index in [9.17, 15) is 9.36 Å². The Morgan fingerprint density at radius 3 is 1.76 bits per heavy atom. The van der Waals surface area contributed by atoms with Crippen LogP contribution in [0.25, 0.3) is 0 Å². The molecule has 0 spiro atoms. The summed E-state index contributed by atoms with van der Waals surface area (Å²) in [6.45, 7) is 12.9. The first-order valence-corrected chi connectivity index (χ1v) is 11.2. The quantitative estimate of drug-likeness (QED) is 0.496. The highest BCUT2D eigenvalue weighted by atomic mass is 31.1. The summed E-state index contributed by atoms with van der Waals surface area (Å²) in [4.78, 5) is 13.3. The fraction of sp³-hybridized carbons (Fsp3) is 0.682. The van der Waals surface area contributed by atoms with E-state index in [0.717, 1.165) is 42.4 Å². The van der Waals surface area contributed by atoms with E-state index < -0.39 is 7.80 Å². The van der Waals surface area contributed by atoms with E-state index in [0.29, 0.717) is 5.92 Å². The molecule has 0 bridgehead atoms. The molecule has 1 fully saturated rings. The van der Waals surface area contributed by atoms with Gasteiger partial charge in [0.05, 0.1) is 5.56 Å². The second-order valence-corrected chi connectivity index (χ2v) is 10.2. The van der Waals surface area contributed by atoms with Crippen LogP contribution in [0.4, 0.5) is 0 Å². The number of benzene rings is 1. The minimum absolute atomic E-state index is 0.0843. The summed E-state index contributed by atoms with van der Waals surface area (Å²) >= 11 is 0. The van der Waals surface area contributed by atoms with Gasteiger partial charge in [0.2, 0.25) is 0 Å². The largest absolute Gasteiger partial charge is 0.423 e. The second kappa shape index (κ2) is 8.58. The highest BCUT2D eigenvalue weighted by Crippen LogP contribution is 2.44. The molecule has 0 N–H and O–H groups in total. The Labute approximate surface area is 154 Å². The van der Waals surface area contributed by atoms with Gasteiger partial charge in [-0.3, -0.25) is 0 Å². The molecule has 1 aromatic carbocycles. The first-order valence-electron chi connectivity index (χ1n) is 9.92. The van der Waals surface area contributed by atoms with E-state index in [2.05, 4.69) is 53.7 Å². The van der Waals surface area contributed by atoms with Crippen molar-refractivity contribution in [3.05, 3.63) is 34.4 Å². The van der Waals surface area contributed by atoms with Gasteiger partial charge in [-0.1, -0.05) is 64.7 Å². The Morgan fingerprint density at radius 2 is 1.36 bits per heavy atom. The standard InChI is InChI=1S/C22H34O2P/c1-14(2)17-12-19(15(3)4)21(20(13-17)16(5)6)22(23)25(24)18-10-8-7-9-11-18/h12-16,18H,7-11H2,1-6H3/q+1. The molecule has 1 atom stereocenters. The van der Waals surface area contributed by atoms with Crippen LogP contribution in [0.5, 0.6) is 0 Å². The van der Waals surface area contributed by atoms with Crippen LogP contribution in [0, 0.1) is 0 Å². The summed E-state index contributed by atoms with van der Waals surface area (Å²) in [5, 5.41) is 0. The highest BCUT2D eigenvalue weighted by molar-refractivity contribution is 7.65. The van der Waals surface area contributed by atoms with Crippen molar-refractivity contribution >= 4 is 13.3 Å². The lowest BCUT2D eigenvalue weighted by molar-refractivity contribution is 0.107. The van der Waals surface area contributed by atoms with Gasteiger partial charge in [-0.15, -0.1) is 0 Å². The van der Waals surface area contributed by atoms with Crippen molar-refractivity contribution in [1.82, 2.24) is 0 Å². The molecule has 1 aliphatic carbocycles. The fourth-order valence-electron chi connectivity index (χ4n) is 3.79. The second-order valence-electron chi connectivity index (χ2n) is 8.46. The van der Waals surface area contributed by atoms with Crippen molar-refractivity contribution < 1.29 is 9.36 Å². The average Bonchev–Trinajstić information content (AvgIpc) is 2.59. The summed E-state index contributed by atoms with van der Waals surface area (Å²) in [5.41, 5.74) is 4.20. The van der Waals surface area contributed by atoms with Crippen molar-refractivity contribution in [2.24, 2.45) is 0 Å². The van der Waals surface area contributed by atoms with Gasteiger partial charge in [-0.25, -0.2) is 4.79 Å².